The fourth-order valence-electron chi connectivity index (χ4n) is 3.56. The van der Waals surface area contributed by atoms with E-state index in [1.54, 1.807) is 31.2 Å². The van der Waals surface area contributed by atoms with Gasteiger partial charge in [0.05, 0.1) is 29.3 Å². The minimum atomic E-state index is -0.478. The number of hydrogen-bond acceptors (Lipinski definition) is 7. The van der Waals surface area contributed by atoms with E-state index in [9.17, 15) is 20.0 Å². The Kier molecular flexibility index (Phi) is 5.04. The van der Waals surface area contributed by atoms with E-state index < -0.39 is 4.92 Å². The van der Waals surface area contributed by atoms with Crippen molar-refractivity contribution < 1.29 is 24.3 Å². The van der Waals surface area contributed by atoms with Gasteiger partial charge in [-0.1, -0.05) is 0 Å². The molecule has 0 spiro atoms. The number of morpholine rings is 1. The van der Waals surface area contributed by atoms with Crippen molar-refractivity contribution in [3.63, 3.8) is 0 Å². The quantitative estimate of drug-likeness (QED) is 0.481. The van der Waals surface area contributed by atoms with Crippen LogP contribution in [0.25, 0.3) is 6.08 Å². The van der Waals surface area contributed by atoms with E-state index in [-0.39, 0.29) is 23.0 Å². The zero-order valence-electron chi connectivity index (χ0n) is 15.9. The van der Waals surface area contributed by atoms with Crippen LogP contribution in [0, 0.1) is 17.0 Å². The third-order valence-corrected chi connectivity index (χ3v) is 5.11. The second kappa shape index (κ2) is 7.65. The number of carbonyl (C=O) groups is 1. The van der Waals surface area contributed by atoms with E-state index in [2.05, 4.69) is 4.90 Å². The molecule has 1 saturated heterocycles. The standard InChI is InChI=1S/C21H20N2O6/c1-13-10-17(24)16(12-22-6-8-28-9-7-22)21-19(13)20(25)18(29-21)11-14-2-4-15(5-3-14)23(26)27/h2-5,10-11,24H,6-9,12H2,1H3/b18-11-. The first kappa shape index (κ1) is 19.1. The summed E-state index contributed by atoms with van der Waals surface area (Å²) < 4.78 is 11.3. The number of phenolic OH excluding ortho intramolecular Hbond substituents is 1. The van der Waals surface area contributed by atoms with Crippen LogP contribution in [0.5, 0.6) is 11.5 Å². The molecule has 0 aliphatic carbocycles. The molecule has 1 N–H and O–H groups in total. The molecule has 29 heavy (non-hydrogen) atoms. The highest BCUT2D eigenvalue weighted by atomic mass is 16.6. The summed E-state index contributed by atoms with van der Waals surface area (Å²) in [6.07, 6.45) is 1.56. The van der Waals surface area contributed by atoms with Gasteiger partial charge in [0.1, 0.15) is 11.5 Å². The Hall–Kier alpha value is -3.23. The molecular formula is C21H20N2O6. The van der Waals surface area contributed by atoms with Crippen LogP contribution in [0.15, 0.2) is 36.1 Å². The maximum atomic E-state index is 12.9. The molecule has 0 atom stereocenters. The van der Waals surface area contributed by atoms with E-state index in [1.807, 2.05) is 0 Å². The van der Waals surface area contributed by atoms with Gasteiger partial charge in [-0.15, -0.1) is 0 Å². The fourth-order valence-corrected chi connectivity index (χ4v) is 3.56. The summed E-state index contributed by atoms with van der Waals surface area (Å²) in [6.45, 7) is 4.94. The number of hydrogen-bond donors (Lipinski definition) is 1. The highest BCUT2D eigenvalue weighted by molar-refractivity contribution is 6.15. The largest absolute Gasteiger partial charge is 0.507 e. The number of Topliss-reactive ketones (excluding diaryl/α,β-unsaturated/α-hetero) is 1. The van der Waals surface area contributed by atoms with Crippen LogP contribution >= 0.6 is 0 Å². The van der Waals surface area contributed by atoms with Crippen molar-refractivity contribution >= 4 is 17.5 Å². The van der Waals surface area contributed by atoms with E-state index >= 15 is 0 Å². The summed E-state index contributed by atoms with van der Waals surface area (Å²) in [7, 11) is 0. The first-order chi connectivity index (χ1) is 13.9. The molecule has 0 amide bonds. The van der Waals surface area contributed by atoms with Gasteiger partial charge in [-0.3, -0.25) is 19.8 Å². The smallest absolute Gasteiger partial charge is 0.269 e. The number of non-ortho nitro benzene ring substituents is 1. The lowest BCUT2D eigenvalue weighted by molar-refractivity contribution is -0.384. The zero-order chi connectivity index (χ0) is 20.5. The molecule has 8 nitrogen and oxygen atoms in total. The second-order valence-electron chi connectivity index (χ2n) is 7.07. The fraction of sp³-hybridized carbons (Fsp3) is 0.286. The number of nitrogens with zero attached hydrogens (tertiary/aromatic N) is 2. The molecule has 2 aliphatic heterocycles. The summed E-state index contributed by atoms with van der Waals surface area (Å²) in [5.41, 5.74) is 2.25. The van der Waals surface area contributed by atoms with Crippen LogP contribution in [-0.4, -0.2) is 47.0 Å². The van der Waals surface area contributed by atoms with Gasteiger partial charge in [0.2, 0.25) is 5.78 Å². The average molecular weight is 396 g/mol. The number of phenols is 1. The first-order valence-corrected chi connectivity index (χ1v) is 9.28. The lowest BCUT2D eigenvalue weighted by Crippen LogP contribution is -2.35. The number of carbonyl (C=O) groups excluding carboxylic acids is 1. The van der Waals surface area contributed by atoms with Crippen LogP contribution in [0.2, 0.25) is 0 Å². The number of nitro groups is 1. The number of aryl methyl sites for hydroxylation is 1. The van der Waals surface area contributed by atoms with Gasteiger partial charge < -0.3 is 14.6 Å². The molecule has 4 rings (SSSR count). The Morgan fingerprint density at radius 2 is 1.93 bits per heavy atom. The predicted molar refractivity (Wildman–Crippen MR) is 105 cm³/mol. The van der Waals surface area contributed by atoms with E-state index in [4.69, 9.17) is 9.47 Å². The van der Waals surface area contributed by atoms with Gasteiger partial charge >= 0.3 is 0 Å². The van der Waals surface area contributed by atoms with Crippen molar-refractivity contribution in [3.8, 4) is 11.5 Å². The first-order valence-electron chi connectivity index (χ1n) is 9.28. The molecular weight excluding hydrogens is 376 g/mol. The number of nitro benzene ring substituents is 1. The molecule has 0 radical (unpaired) electrons. The maximum Gasteiger partial charge on any atom is 0.269 e. The van der Waals surface area contributed by atoms with Gasteiger partial charge in [-0.2, -0.15) is 0 Å². The lowest BCUT2D eigenvalue weighted by Gasteiger charge is -2.27. The Labute approximate surface area is 167 Å². The summed E-state index contributed by atoms with van der Waals surface area (Å²) in [6, 6.07) is 7.46. The Balaban J connectivity index is 1.66. The topological polar surface area (TPSA) is 102 Å². The molecule has 2 aromatic carbocycles. The summed E-state index contributed by atoms with van der Waals surface area (Å²) in [5, 5.41) is 21.3. The van der Waals surface area contributed by atoms with Gasteiger partial charge in [0, 0.05) is 31.8 Å². The Bertz CT molecular complexity index is 1010. The summed E-state index contributed by atoms with van der Waals surface area (Å²) in [5.74, 6) is 0.342. The molecule has 0 saturated carbocycles. The third kappa shape index (κ3) is 3.72. The molecule has 1 fully saturated rings. The second-order valence-corrected chi connectivity index (χ2v) is 7.07. The minimum absolute atomic E-state index is 0.0253. The van der Waals surface area contributed by atoms with Crippen molar-refractivity contribution in [2.75, 3.05) is 26.3 Å². The normalized spacial score (nSPS) is 18.0. The molecule has 0 unspecified atom stereocenters. The highest BCUT2D eigenvalue weighted by Gasteiger charge is 2.33. The van der Waals surface area contributed by atoms with Crippen molar-refractivity contribution in [1.82, 2.24) is 4.90 Å². The van der Waals surface area contributed by atoms with E-state index in [0.29, 0.717) is 47.8 Å². The van der Waals surface area contributed by atoms with E-state index in [0.717, 1.165) is 13.1 Å². The van der Waals surface area contributed by atoms with Gasteiger partial charge in [0.25, 0.3) is 5.69 Å². The number of allylic oxidation sites excluding steroid dienone is 1. The number of ether oxygens (including phenoxy) is 2. The van der Waals surface area contributed by atoms with Crippen molar-refractivity contribution in [2.45, 2.75) is 13.5 Å². The Morgan fingerprint density at radius 3 is 2.59 bits per heavy atom. The van der Waals surface area contributed by atoms with E-state index in [1.165, 1.54) is 12.1 Å². The van der Waals surface area contributed by atoms with Crippen LogP contribution in [0.3, 0.4) is 0 Å². The zero-order valence-corrected chi connectivity index (χ0v) is 15.9. The van der Waals surface area contributed by atoms with Crippen molar-refractivity contribution in [2.24, 2.45) is 0 Å². The summed E-state index contributed by atoms with van der Waals surface area (Å²) in [4.78, 5) is 25.4. The average Bonchev–Trinajstić information content (AvgIpc) is 3.03. The Morgan fingerprint density at radius 1 is 1.24 bits per heavy atom. The van der Waals surface area contributed by atoms with Gasteiger partial charge in [-0.05, 0) is 42.3 Å². The highest BCUT2D eigenvalue weighted by Crippen LogP contribution is 2.42. The number of ketones is 1. The van der Waals surface area contributed by atoms with Gasteiger partial charge in [0.15, 0.2) is 5.76 Å². The van der Waals surface area contributed by atoms with Crippen LogP contribution in [0.1, 0.15) is 27.0 Å². The van der Waals surface area contributed by atoms with Crippen LogP contribution in [0.4, 0.5) is 5.69 Å². The number of rotatable bonds is 4. The molecule has 150 valence electrons. The van der Waals surface area contributed by atoms with Gasteiger partial charge in [-0.25, -0.2) is 0 Å². The molecule has 2 heterocycles. The van der Waals surface area contributed by atoms with Crippen molar-refractivity contribution in [1.29, 1.82) is 0 Å². The van der Waals surface area contributed by atoms with Crippen molar-refractivity contribution in [3.05, 3.63) is 68.5 Å². The number of aromatic hydroxyl groups is 1. The molecule has 0 aromatic heterocycles. The van der Waals surface area contributed by atoms with Crippen LogP contribution < -0.4 is 4.74 Å². The summed E-state index contributed by atoms with van der Waals surface area (Å²) >= 11 is 0. The van der Waals surface area contributed by atoms with Crippen LogP contribution in [-0.2, 0) is 11.3 Å². The molecule has 2 aromatic rings. The monoisotopic (exact) mass is 396 g/mol. The molecule has 0 bridgehead atoms. The third-order valence-electron chi connectivity index (χ3n) is 5.11. The maximum absolute atomic E-state index is 12.9. The molecule has 2 aliphatic rings. The SMILES string of the molecule is Cc1cc(O)c(CN2CCOCC2)c2c1C(=O)/C(=C/c1ccc([N+](=O)[O-])cc1)O2. The number of benzene rings is 2. The lowest BCUT2D eigenvalue weighted by atomic mass is 9.99. The predicted octanol–water partition coefficient (Wildman–Crippen LogP) is 3.06. The molecule has 8 heteroatoms. The minimum Gasteiger partial charge on any atom is -0.507 e. The number of fused-ring (bicyclic) bond motifs is 1.